The molecule has 0 saturated heterocycles. The molecule has 0 aliphatic rings. The van der Waals surface area contributed by atoms with Crippen LogP contribution >= 0.6 is 0 Å². The van der Waals surface area contributed by atoms with Gasteiger partial charge in [0.15, 0.2) is 0 Å². The number of carbonyl (C=O) groups is 1. The fourth-order valence-electron chi connectivity index (χ4n) is 2.57. The molecule has 0 aromatic carbocycles. The highest BCUT2D eigenvalue weighted by atomic mass is 16.4. The van der Waals surface area contributed by atoms with E-state index in [2.05, 4.69) is 32.2 Å². The lowest BCUT2D eigenvalue weighted by Crippen LogP contribution is -2.13. The zero-order valence-electron chi connectivity index (χ0n) is 14.5. The minimum absolute atomic E-state index is 0.0246. The van der Waals surface area contributed by atoms with Crippen LogP contribution in [0.5, 0.6) is 0 Å². The van der Waals surface area contributed by atoms with Gasteiger partial charge in [-0.1, -0.05) is 6.92 Å². The molecular formula is C19H19N5O2. The van der Waals surface area contributed by atoms with Crippen molar-refractivity contribution in [3.8, 4) is 11.4 Å². The van der Waals surface area contributed by atoms with E-state index in [1.54, 1.807) is 18.5 Å². The van der Waals surface area contributed by atoms with E-state index >= 15 is 0 Å². The summed E-state index contributed by atoms with van der Waals surface area (Å²) in [6.45, 7) is 4.08. The van der Waals surface area contributed by atoms with Gasteiger partial charge in [-0.25, -0.2) is 14.8 Å². The largest absolute Gasteiger partial charge is 0.478 e. The van der Waals surface area contributed by atoms with Crippen LogP contribution < -0.4 is 5.32 Å². The molecule has 3 aromatic rings. The molecule has 0 fully saturated rings. The summed E-state index contributed by atoms with van der Waals surface area (Å²) in [5.41, 5.74) is 3.26. The summed E-state index contributed by atoms with van der Waals surface area (Å²) in [4.78, 5) is 28.5. The summed E-state index contributed by atoms with van der Waals surface area (Å²) < 4.78 is 0. The molecule has 7 heteroatoms. The number of aryl methyl sites for hydroxylation is 1. The maximum atomic E-state index is 11.1. The molecule has 0 amide bonds. The molecule has 0 radical (unpaired) electrons. The van der Waals surface area contributed by atoms with E-state index in [-0.39, 0.29) is 11.6 Å². The number of carboxylic acids is 1. The predicted molar refractivity (Wildman–Crippen MR) is 97.9 cm³/mol. The lowest BCUT2D eigenvalue weighted by molar-refractivity contribution is 0.0697. The first-order chi connectivity index (χ1) is 12.6. The van der Waals surface area contributed by atoms with Crippen LogP contribution in [0.2, 0.25) is 0 Å². The van der Waals surface area contributed by atoms with Gasteiger partial charge in [0.1, 0.15) is 0 Å². The highest BCUT2D eigenvalue weighted by molar-refractivity contribution is 5.88. The molecular weight excluding hydrogens is 330 g/mol. The van der Waals surface area contributed by atoms with Gasteiger partial charge in [0.05, 0.1) is 28.7 Å². The van der Waals surface area contributed by atoms with Crippen molar-refractivity contribution >= 4 is 11.9 Å². The smallest absolute Gasteiger partial charge is 0.335 e. The van der Waals surface area contributed by atoms with Crippen molar-refractivity contribution in [1.82, 2.24) is 19.9 Å². The predicted octanol–water partition coefficient (Wildman–Crippen LogP) is 3.50. The fourth-order valence-corrected chi connectivity index (χ4v) is 2.57. The van der Waals surface area contributed by atoms with E-state index in [1.165, 1.54) is 18.3 Å². The van der Waals surface area contributed by atoms with Crippen molar-refractivity contribution in [3.05, 3.63) is 65.7 Å². The maximum absolute atomic E-state index is 11.1. The Bertz CT molecular complexity index is 929. The van der Waals surface area contributed by atoms with Crippen LogP contribution in [0.15, 0.2) is 48.9 Å². The molecule has 0 bridgehead atoms. The summed E-state index contributed by atoms with van der Waals surface area (Å²) in [5.74, 6) is -0.558. The molecule has 0 aliphatic heterocycles. The van der Waals surface area contributed by atoms with Gasteiger partial charge in [-0.05, 0) is 49.2 Å². The Morgan fingerprint density at radius 1 is 1.08 bits per heavy atom. The molecule has 0 aliphatic carbocycles. The molecule has 2 N–H and O–H groups in total. The van der Waals surface area contributed by atoms with Crippen molar-refractivity contribution < 1.29 is 9.90 Å². The first-order valence-electron chi connectivity index (χ1n) is 8.28. The molecule has 3 heterocycles. The van der Waals surface area contributed by atoms with Crippen LogP contribution in [0.25, 0.3) is 11.4 Å². The van der Waals surface area contributed by atoms with E-state index in [0.29, 0.717) is 17.3 Å². The second-order valence-electron chi connectivity index (χ2n) is 5.86. The van der Waals surface area contributed by atoms with E-state index < -0.39 is 5.97 Å². The van der Waals surface area contributed by atoms with Crippen LogP contribution in [-0.4, -0.2) is 31.0 Å². The quantitative estimate of drug-likeness (QED) is 0.702. The van der Waals surface area contributed by atoms with Crippen LogP contribution in [0.3, 0.4) is 0 Å². The number of nitrogens with zero attached hydrogens (tertiary/aromatic N) is 4. The molecule has 3 rings (SSSR count). The number of hydrogen-bond acceptors (Lipinski definition) is 6. The van der Waals surface area contributed by atoms with Crippen LogP contribution in [0.1, 0.15) is 41.0 Å². The Kier molecular flexibility index (Phi) is 5.17. The number of aromatic carboxylic acids is 1. The van der Waals surface area contributed by atoms with Gasteiger partial charge < -0.3 is 10.4 Å². The van der Waals surface area contributed by atoms with Gasteiger partial charge in [-0.2, -0.15) is 0 Å². The molecule has 0 spiro atoms. The Balaban J connectivity index is 1.87. The van der Waals surface area contributed by atoms with Crippen molar-refractivity contribution in [2.24, 2.45) is 0 Å². The van der Waals surface area contributed by atoms with Crippen LogP contribution in [0.4, 0.5) is 5.95 Å². The van der Waals surface area contributed by atoms with Gasteiger partial charge in [0.2, 0.25) is 5.95 Å². The highest BCUT2D eigenvalue weighted by Gasteiger charge is 2.13. The Labute approximate surface area is 151 Å². The van der Waals surface area contributed by atoms with Crippen LogP contribution in [-0.2, 0) is 0 Å². The molecule has 0 saturated carbocycles. The van der Waals surface area contributed by atoms with E-state index in [9.17, 15) is 4.79 Å². The van der Waals surface area contributed by atoms with Gasteiger partial charge in [0.25, 0.3) is 0 Å². The topological polar surface area (TPSA) is 101 Å². The molecule has 26 heavy (non-hydrogen) atoms. The zero-order valence-corrected chi connectivity index (χ0v) is 14.5. The van der Waals surface area contributed by atoms with E-state index in [0.717, 1.165) is 17.7 Å². The number of aromatic nitrogens is 4. The van der Waals surface area contributed by atoms with Crippen molar-refractivity contribution in [1.29, 1.82) is 0 Å². The molecule has 3 aromatic heterocycles. The minimum Gasteiger partial charge on any atom is -0.478 e. The maximum Gasteiger partial charge on any atom is 0.335 e. The van der Waals surface area contributed by atoms with E-state index in [1.807, 2.05) is 19.1 Å². The third-order valence-corrected chi connectivity index (χ3v) is 3.93. The van der Waals surface area contributed by atoms with Crippen molar-refractivity contribution in [2.75, 3.05) is 5.32 Å². The zero-order chi connectivity index (χ0) is 18.5. The Morgan fingerprint density at radius 2 is 1.85 bits per heavy atom. The van der Waals surface area contributed by atoms with Crippen molar-refractivity contribution in [2.45, 2.75) is 26.3 Å². The summed E-state index contributed by atoms with van der Waals surface area (Å²) in [7, 11) is 0. The molecule has 1 atom stereocenters. The number of anilines is 1. The second kappa shape index (κ2) is 7.69. The number of hydrogen-bond donors (Lipinski definition) is 2. The average Bonchev–Trinajstić information content (AvgIpc) is 2.66. The average molecular weight is 349 g/mol. The highest BCUT2D eigenvalue weighted by Crippen LogP contribution is 2.21. The first-order valence-corrected chi connectivity index (χ1v) is 8.28. The molecule has 132 valence electrons. The SMILES string of the molecule is CC[C@H](Nc1nccc(-c2cc(C(=O)O)ccn2)n1)c1cc(C)ccn1. The second-order valence-corrected chi connectivity index (χ2v) is 5.86. The summed E-state index contributed by atoms with van der Waals surface area (Å²) in [6, 6.07) is 8.60. The lowest BCUT2D eigenvalue weighted by atomic mass is 10.1. The van der Waals surface area contributed by atoms with Gasteiger partial charge in [-0.15, -0.1) is 0 Å². The third kappa shape index (κ3) is 4.00. The lowest BCUT2D eigenvalue weighted by Gasteiger charge is -2.17. The Hall–Kier alpha value is -3.35. The number of carboxylic acid groups (broad SMARTS) is 1. The van der Waals surface area contributed by atoms with Crippen LogP contribution in [0, 0.1) is 6.92 Å². The minimum atomic E-state index is -1.00. The van der Waals surface area contributed by atoms with Gasteiger partial charge in [0, 0.05) is 18.6 Å². The van der Waals surface area contributed by atoms with Gasteiger partial charge in [-0.3, -0.25) is 9.97 Å². The fraction of sp³-hybridized carbons (Fsp3) is 0.211. The summed E-state index contributed by atoms with van der Waals surface area (Å²) in [6.07, 6.45) is 5.68. The monoisotopic (exact) mass is 349 g/mol. The Morgan fingerprint density at radius 3 is 2.58 bits per heavy atom. The third-order valence-electron chi connectivity index (χ3n) is 3.93. The molecule has 0 unspecified atom stereocenters. The summed E-state index contributed by atoms with van der Waals surface area (Å²) in [5, 5.41) is 12.4. The summed E-state index contributed by atoms with van der Waals surface area (Å²) >= 11 is 0. The first kappa shape index (κ1) is 17.5. The van der Waals surface area contributed by atoms with Gasteiger partial charge >= 0.3 is 5.97 Å². The van der Waals surface area contributed by atoms with Crippen molar-refractivity contribution in [3.63, 3.8) is 0 Å². The number of nitrogens with one attached hydrogen (secondary N) is 1. The number of rotatable bonds is 6. The normalized spacial score (nSPS) is 11.8. The number of pyridine rings is 2. The standard InChI is InChI=1S/C19H19N5O2/c1-3-14(16-10-12(2)4-7-20-16)23-19-22-9-6-15(24-19)17-11-13(18(25)26)5-8-21-17/h4-11,14H,3H2,1-2H3,(H,25,26)(H,22,23,24)/t14-/m0/s1. The van der Waals surface area contributed by atoms with E-state index in [4.69, 9.17) is 5.11 Å². The molecule has 7 nitrogen and oxygen atoms in total.